The molecule has 0 radical (unpaired) electrons. The first-order valence-corrected chi connectivity index (χ1v) is 4.70. The van der Waals surface area contributed by atoms with Crippen LogP contribution in [0.3, 0.4) is 0 Å². The number of aliphatic hydroxyl groups is 1. The van der Waals surface area contributed by atoms with E-state index < -0.39 is 6.10 Å². The molecule has 4 nitrogen and oxygen atoms in total. The van der Waals surface area contributed by atoms with E-state index in [9.17, 15) is 4.79 Å². The summed E-state index contributed by atoms with van der Waals surface area (Å²) in [6.07, 6.45) is 2.44. The van der Waals surface area contributed by atoms with Crippen molar-refractivity contribution in [2.24, 2.45) is 0 Å². The van der Waals surface area contributed by atoms with Gasteiger partial charge in [-0.25, -0.2) is 0 Å². The van der Waals surface area contributed by atoms with Crippen molar-refractivity contribution in [3.8, 4) is 0 Å². The van der Waals surface area contributed by atoms with E-state index in [-0.39, 0.29) is 12.5 Å². The van der Waals surface area contributed by atoms with Crippen LogP contribution in [0.25, 0.3) is 0 Å². The first-order valence-electron chi connectivity index (χ1n) is 4.70. The molecule has 13 heavy (non-hydrogen) atoms. The van der Waals surface area contributed by atoms with Crippen molar-refractivity contribution in [3.05, 3.63) is 0 Å². The van der Waals surface area contributed by atoms with Gasteiger partial charge in [0.05, 0.1) is 6.61 Å². The van der Waals surface area contributed by atoms with Gasteiger partial charge in [0, 0.05) is 13.7 Å². The van der Waals surface area contributed by atoms with E-state index in [1.54, 1.807) is 0 Å². The SMILES string of the molecule is CCCCCOC(CO)C(=O)NC. The maximum absolute atomic E-state index is 11.0. The van der Waals surface area contributed by atoms with Gasteiger partial charge < -0.3 is 15.2 Å². The molecule has 0 aromatic carbocycles. The number of unbranched alkanes of at least 4 members (excludes halogenated alkanes) is 2. The lowest BCUT2D eigenvalue weighted by Gasteiger charge is -2.13. The third-order valence-electron chi connectivity index (χ3n) is 1.77. The number of hydrogen-bond acceptors (Lipinski definition) is 3. The smallest absolute Gasteiger partial charge is 0.251 e. The Hall–Kier alpha value is -0.610. The number of carbonyl (C=O) groups excluding carboxylic acids is 1. The summed E-state index contributed by atoms with van der Waals surface area (Å²) in [5.41, 5.74) is 0. The van der Waals surface area contributed by atoms with Crippen LogP contribution in [0.4, 0.5) is 0 Å². The van der Waals surface area contributed by atoms with E-state index in [1.807, 2.05) is 0 Å². The van der Waals surface area contributed by atoms with Gasteiger partial charge >= 0.3 is 0 Å². The Kier molecular flexibility index (Phi) is 7.63. The second kappa shape index (κ2) is 8.01. The van der Waals surface area contributed by atoms with Crippen molar-refractivity contribution < 1.29 is 14.6 Å². The zero-order valence-corrected chi connectivity index (χ0v) is 8.38. The van der Waals surface area contributed by atoms with Crippen LogP contribution in [0.5, 0.6) is 0 Å². The zero-order chi connectivity index (χ0) is 10.1. The van der Waals surface area contributed by atoms with Gasteiger partial charge in [-0.05, 0) is 6.42 Å². The average molecular weight is 189 g/mol. The number of rotatable bonds is 7. The molecule has 0 saturated carbocycles. The molecule has 4 heteroatoms. The fourth-order valence-electron chi connectivity index (χ4n) is 0.950. The van der Waals surface area contributed by atoms with E-state index in [4.69, 9.17) is 9.84 Å². The molecule has 0 heterocycles. The summed E-state index contributed by atoms with van der Waals surface area (Å²) >= 11 is 0. The molecule has 0 aliphatic heterocycles. The number of ether oxygens (including phenoxy) is 1. The van der Waals surface area contributed by atoms with Crippen molar-refractivity contribution in [2.45, 2.75) is 32.3 Å². The lowest BCUT2D eigenvalue weighted by atomic mass is 10.2. The summed E-state index contributed by atoms with van der Waals surface area (Å²) in [5.74, 6) is -0.265. The van der Waals surface area contributed by atoms with Crippen LogP contribution in [0.1, 0.15) is 26.2 Å². The van der Waals surface area contributed by atoms with E-state index in [0.717, 1.165) is 19.3 Å². The fourth-order valence-corrected chi connectivity index (χ4v) is 0.950. The second-order valence-electron chi connectivity index (χ2n) is 2.86. The van der Waals surface area contributed by atoms with Crippen LogP contribution in [0.15, 0.2) is 0 Å². The Morgan fingerprint density at radius 2 is 2.23 bits per heavy atom. The topological polar surface area (TPSA) is 58.6 Å². The second-order valence-corrected chi connectivity index (χ2v) is 2.86. The van der Waals surface area contributed by atoms with Crippen LogP contribution >= 0.6 is 0 Å². The number of carbonyl (C=O) groups is 1. The van der Waals surface area contributed by atoms with E-state index in [1.165, 1.54) is 7.05 Å². The van der Waals surface area contributed by atoms with Gasteiger partial charge in [-0.3, -0.25) is 4.79 Å². The molecule has 1 atom stereocenters. The van der Waals surface area contributed by atoms with Crippen molar-refractivity contribution in [1.82, 2.24) is 5.32 Å². The van der Waals surface area contributed by atoms with Crippen molar-refractivity contribution >= 4 is 5.91 Å². The molecular weight excluding hydrogens is 170 g/mol. The molecule has 0 spiro atoms. The van der Waals surface area contributed by atoms with Gasteiger partial charge in [0.1, 0.15) is 0 Å². The molecular formula is C9H19NO3. The molecule has 0 saturated heterocycles. The molecule has 78 valence electrons. The number of amides is 1. The third-order valence-corrected chi connectivity index (χ3v) is 1.77. The largest absolute Gasteiger partial charge is 0.393 e. The lowest BCUT2D eigenvalue weighted by Crippen LogP contribution is -2.36. The molecule has 0 fully saturated rings. The first kappa shape index (κ1) is 12.4. The third kappa shape index (κ3) is 5.60. The summed E-state index contributed by atoms with van der Waals surface area (Å²) in [6.45, 7) is 2.38. The summed E-state index contributed by atoms with van der Waals surface area (Å²) in [6, 6.07) is 0. The highest BCUT2D eigenvalue weighted by Crippen LogP contribution is 1.98. The maximum atomic E-state index is 11.0. The molecule has 1 unspecified atom stereocenters. The molecule has 0 aromatic rings. The van der Waals surface area contributed by atoms with Gasteiger partial charge in [-0.2, -0.15) is 0 Å². The Balaban J connectivity index is 3.53. The van der Waals surface area contributed by atoms with E-state index in [2.05, 4.69) is 12.2 Å². The predicted molar refractivity (Wildman–Crippen MR) is 50.4 cm³/mol. The number of nitrogens with one attached hydrogen (secondary N) is 1. The maximum Gasteiger partial charge on any atom is 0.251 e. The highest BCUT2D eigenvalue weighted by atomic mass is 16.5. The summed E-state index contributed by atoms with van der Waals surface area (Å²) in [7, 11) is 1.53. The lowest BCUT2D eigenvalue weighted by molar-refractivity contribution is -0.134. The number of likely N-dealkylation sites (N-methyl/N-ethyl adjacent to an activating group) is 1. The average Bonchev–Trinajstić information content (AvgIpc) is 2.17. The summed E-state index contributed by atoms with van der Waals surface area (Å²) < 4.78 is 5.18. The molecule has 0 aliphatic rings. The quantitative estimate of drug-likeness (QED) is 0.566. The molecule has 0 rings (SSSR count). The first-order chi connectivity index (χ1) is 6.26. The molecule has 2 N–H and O–H groups in total. The normalized spacial score (nSPS) is 12.5. The predicted octanol–water partition coefficient (Wildman–Crippen LogP) is 0.300. The minimum atomic E-state index is -0.707. The molecule has 1 amide bonds. The minimum absolute atomic E-state index is 0.258. The Morgan fingerprint density at radius 3 is 2.69 bits per heavy atom. The van der Waals surface area contributed by atoms with Gasteiger partial charge in [-0.15, -0.1) is 0 Å². The monoisotopic (exact) mass is 189 g/mol. The Labute approximate surface area is 79.3 Å². The van der Waals surface area contributed by atoms with E-state index >= 15 is 0 Å². The van der Waals surface area contributed by atoms with Gasteiger partial charge in [-0.1, -0.05) is 19.8 Å². The van der Waals surface area contributed by atoms with Crippen molar-refractivity contribution in [2.75, 3.05) is 20.3 Å². The Bertz CT molecular complexity index is 139. The van der Waals surface area contributed by atoms with Crippen LogP contribution < -0.4 is 5.32 Å². The molecule has 0 aromatic heterocycles. The summed E-state index contributed by atoms with van der Waals surface area (Å²) in [5, 5.41) is 11.2. The number of aliphatic hydroxyl groups excluding tert-OH is 1. The number of hydrogen-bond donors (Lipinski definition) is 2. The minimum Gasteiger partial charge on any atom is -0.393 e. The standard InChI is InChI=1S/C9H19NO3/c1-3-4-5-6-13-8(7-11)9(12)10-2/h8,11H,3-7H2,1-2H3,(H,10,12). The Morgan fingerprint density at radius 1 is 1.54 bits per heavy atom. The molecule has 0 aliphatic carbocycles. The van der Waals surface area contributed by atoms with Crippen molar-refractivity contribution in [3.63, 3.8) is 0 Å². The summed E-state index contributed by atoms with van der Waals surface area (Å²) in [4.78, 5) is 11.0. The fraction of sp³-hybridized carbons (Fsp3) is 0.889. The van der Waals surface area contributed by atoms with Crippen LogP contribution in [0.2, 0.25) is 0 Å². The highest BCUT2D eigenvalue weighted by Gasteiger charge is 2.15. The van der Waals surface area contributed by atoms with Gasteiger partial charge in [0.25, 0.3) is 5.91 Å². The van der Waals surface area contributed by atoms with Crippen molar-refractivity contribution in [1.29, 1.82) is 0 Å². The van der Waals surface area contributed by atoms with Crippen LogP contribution in [0, 0.1) is 0 Å². The van der Waals surface area contributed by atoms with Gasteiger partial charge in [0.2, 0.25) is 0 Å². The zero-order valence-electron chi connectivity index (χ0n) is 8.38. The van der Waals surface area contributed by atoms with E-state index in [0.29, 0.717) is 6.61 Å². The van der Waals surface area contributed by atoms with Gasteiger partial charge in [0.15, 0.2) is 6.10 Å². The molecule has 0 bridgehead atoms. The van der Waals surface area contributed by atoms with Crippen LogP contribution in [-0.4, -0.2) is 37.4 Å². The van der Waals surface area contributed by atoms with Crippen LogP contribution in [-0.2, 0) is 9.53 Å². The highest BCUT2D eigenvalue weighted by molar-refractivity contribution is 5.80.